The van der Waals surface area contributed by atoms with E-state index in [-0.39, 0.29) is 22.2 Å². The van der Waals surface area contributed by atoms with Crippen molar-refractivity contribution in [2.45, 2.75) is 12.3 Å². The fourth-order valence-electron chi connectivity index (χ4n) is 1.08. The lowest BCUT2D eigenvalue weighted by Gasteiger charge is -2.08. The molecule has 0 atom stereocenters. The third-order valence-electron chi connectivity index (χ3n) is 1.82. The fourth-order valence-corrected chi connectivity index (χ4v) is 1.54. The van der Waals surface area contributed by atoms with Crippen LogP contribution >= 0.6 is 23.2 Å². The zero-order chi connectivity index (χ0) is 12.3. The van der Waals surface area contributed by atoms with Gasteiger partial charge in [-0.05, 0) is 11.6 Å². The summed E-state index contributed by atoms with van der Waals surface area (Å²) in [7, 11) is 1.11. The molecule has 16 heavy (non-hydrogen) atoms. The number of alkyl halides is 3. The van der Waals surface area contributed by atoms with E-state index < -0.39 is 18.1 Å². The van der Waals surface area contributed by atoms with Gasteiger partial charge >= 0.3 is 5.97 Å². The first-order valence-corrected chi connectivity index (χ1v) is 5.04. The van der Waals surface area contributed by atoms with Crippen LogP contribution in [-0.2, 0) is 10.6 Å². The van der Waals surface area contributed by atoms with Gasteiger partial charge in [0.2, 0.25) is 0 Å². The van der Waals surface area contributed by atoms with Crippen LogP contribution in [0.2, 0.25) is 5.02 Å². The first kappa shape index (κ1) is 13.1. The normalized spacial score (nSPS) is 10.6. The summed E-state index contributed by atoms with van der Waals surface area (Å²) in [6.45, 7) is 0. The monoisotopic (exact) mass is 269 g/mol. The molecule has 7 heteroatoms. The Bertz CT molecular complexity index is 413. The van der Waals surface area contributed by atoms with Crippen molar-refractivity contribution in [3.8, 4) is 0 Å². The van der Waals surface area contributed by atoms with Crippen LogP contribution in [0.4, 0.5) is 8.78 Å². The SMILES string of the molecule is COC(=O)c1nc(C(F)F)c(CCl)cc1Cl. The summed E-state index contributed by atoms with van der Waals surface area (Å²) in [4.78, 5) is 14.6. The van der Waals surface area contributed by atoms with Crippen LogP contribution in [0, 0.1) is 0 Å². The molecular weight excluding hydrogens is 263 g/mol. The summed E-state index contributed by atoms with van der Waals surface area (Å²) in [6, 6.07) is 1.19. The highest BCUT2D eigenvalue weighted by molar-refractivity contribution is 6.33. The van der Waals surface area contributed by atoms with Crippen molar-refractivity contribution in [2.75, 3.05) is 7.11 Å². The standard InChI is InChI=1S/C9H7Cl2F2NO2/c1-16-9(15)7-5(11)2-4(3-10)6(14-7)8(12)13/h2,8H,3H2,1H3. The van der Waals surface area contributed by atoms with E-state index in [1.165, 1.54) is 6.07 Å². The van der Waals surface area contributed by atoms with Gasteiger partial charge in [-0.3, -0.25) is 0 Å². The second-order valence-corrected chi connectivity index (χ2v) is 3.46. The number of ether oxygens (including phenoxy) is 1. The number of aromatic nitrogens is 1. The molecule has 0 saturated carbocycles. The predicted octanol–water partition coefficient (Wildman–Crippen LogP) is 3.20. The molecule has 1 aromatic heterocycles. The molecule has 0 radical (unpaired) electrons. The first-order chi connectivity index (χ1) is 7.51. The summed E-state index contributed by atoms with van der Waals surface area (Å²) in [6.07, 6.45) is -2.82. The number of hydrogen-bond acceptors (Lipinski definition) is 3. The zero-order valence-electron chi connectivity index (χ0n) is 8.14. The Labute approximate surface area is 100 Å². The Balaban J connectivity index is 3.33. The van der Waals surface area contributed by atoms with E-state index in [1.54, 1.807) is 0 Å². The van der Waals surface area contributed by atoms with E-state index in [1.807, 2.05) is 0 Å². The van der Waals surface area contributed by atoms with Crippen molar-refractivity contribution in [3.05, 3.63) is 28.0 Å². The number of halogens is 4. The van der Waals surface area contributed by atoms with E-state index in [9.17, 15) is 13.6 Å². The second kappa shape index (κ2) is 5.41. The van der Waals surface area contributed by atoms with Gasteiger partial charge in [-0.2, -0.15) is 0 Å². The third kappa shape index (κ3) is 2.59. The Hall–Kier alpha value is -0.940. The molecule has 1 heterocycles. The van der Waals surface area contributed by atoms with E-state index >= 15 is 0 Å². The minimum Gasteiger partial charge on any atom is -0.464 e. The molecular formula is C9H7Cl2F2NO2. The van der Waals surface area contributed by atoms with Crippen molar-refractivity contribution in [2.24, 2.45) is 0 Å². The predicted molar refractivity (Wildman–Crippen MR) is 55.1 cm³/mol. The van der Waals surface area contributed by atoms with Crippen LogP contribution < -0.4 is 0 Å². The number of nitrogens with zero attached hydrogens (tertiary/aromatic N) is 1. The number of carbonyl (C=O) groups is 1. The Morgan fingerprint density at radius 1 is 1.62 bits per heavy atom. The molecule has 0 spiro atoms. The van der Waals surface area contributed by atoms with Crippen LogP contribution in [0.3, 0.4) is 0 Å². The highest BCUT2D eigenvalue weighted by Gasteiger charge is 2.21. The molecule has 0 saturated heterocycles. The highest BCUT2D eigenvalue weighted by Crippen LogP contribution is 2.27. The van der Waals surface area contributed by atoms with Gasteiger partial charge in [0.25, 0.3) is 6.43 Å². The van der Waals surface area contributed by atoms with Crippen molar-refractivity contribution in [1.29, 1.82) is 0 Å². The molecule has 0 aromatic carbocycles. The summed E-state index contributed by atoms with van der Waals surface area (Å²) in [5.74, 6) is -1.03. The molecule has 0 bridgehead atoms. The van der Waals surface area contributed by atoms with Gasteiger partial charge in [-0.1, -0.05) is 11.6 Å². The molecule has 88 valence electrons. The number of esters is 1. The first-order valence-electron chi connectivity index (χ1n) is 4.13. The second-order valence-electron chi connectivity index (χ2n) is 2.79. The quantitative estimate of drug-likeness (QED) is 0.625. The van der Waals surface area contributed by atoms with E-state index in [0.717, 1.165) is 7.11 Å². The lowest BCUT2D eigenvalue weighted by atomic mass is 10.2. The lowest BCUT2D eigenvalue weighted by molar-refractivity contribution is 0.0592. The number of rotatable bonds is 3. The van der Waals surface area contributed by atoms with Crippen molar-refractivity contribution in [1.82, 2.24) is 4.98 Å². The van der Waals surface area contributed by atoms with Crippen molar-refractivity contribution in [3.63, 3.8) is 0 Å². The van der Waals surface area contributed by atoms with Crippen molar-refractivity contribution < 1.29 is 18.3 Å². The Morgan fingerprint density at radius 2 is 2.25 bits per heavy atom. The molecule has 0 amide bonds. The van der Waals surface area contributed by atoms with Crippen LogP contribution in [0.5, 0.6) is 0 Å². The molecule has 1 aromatic rings. The Morgan fingerprint density at radius 3 is 2.69 bits per heavy atom. The molecule has 0 aliphatic rings. The number of pyridine rings is 1. The van der Waals surface area contributed by atoms with E-state index in [2.05, 4.69) is 9.72 Å². The van der Waals surface area contributed by atoms with Gasteiger partial charge in [0.15, 0.2) is 5.69 Å². The third-order valence-corrected chi connectivity index (χ3v) is 2.39. The van der Waals surface area contributed by atoms with Gasteiger partial charge in [-0.15, -0.1) is 11.6 Å². The molecule has 0 fully saturated rings. The van der Waals surface area contributed by atoms with Crippen LogP contribution in [0.25, 0.3) is 0 Å². The average molecular weight is 270 g/mol. The number of methoxy groups -OCH3 is 1. The topological polar surface area (TPSA) is 39.2 Å². The summed E-state index contributed by atoms with van der Waals surface area (Å²) < 4.78 is 29.5. The lowest BCUT2D eigenvalue weighted by Crippen LogP contribution is -2.09. The molecule has 0 unspecified atom stereocenters. The average Bonchev–Trinajstić information content (AvgIpc) is 2.27. The fraction of sp³-hybridized carbons (Fsp3) is 0.333. The summed E-state index contributed by atoms with van der Waals surface area (Å²) in [5.41, 5.74) is -0.803. The molecule has 0 aliphatic carbocycles. The van der Waals surface area contributed by atoms with Gasteiger partial charge < -0.3 is 4.74 Å². The highest BCUT2D eigenvalue weighted by atomic mass is 35.5. The van der Waals surface area contributed by atoms with Crippen molar-refractivity contribution >= 4 is 29.2 Å². The van der Waals surface area contributed by atoms with E-state index in [0.29, 0.717) is 0 Å². The molecule has 1 rings (SSSR count). The minimum atomic E-state index is -2.82. The van der Waals surface area contributed by atoms with Crippen LogP contribution in [0.15, 0.2) is 6.07 Å². The maximum atomic E-state index is 12.6. The van der Waals surface area contributed by atoms with Gasteiger partial charge in [-0.25, -0.2) is 18.6 Å². The van der Waals surface area contributed by atoms with Gasteiger partial charge in [0.1, 0.15) is 5.69 Å². The minimum absolute atomic E-state index is 0.0631. The van der Waals surface area contributed by atoms with Crippen LogP contribution in [-0.4, -0.2) is 18.1 Å². The number of carbonyl (C=O) groups excluding carboxylic acids is 1. The van der Waals surface area contributed by atoms with Gasteiger partial charge in [0.05, 0.1) is 12.1 Å². The molecule has 0 aliphatic heterocycles. The smallest absolute Gasteiger partial charge is 0.358 e. The molecule has 3 nitrogen and oxygen atoms in total. The van der Waals surface area contributed by atoms with E-state index in [4.69, 9.17) is 23.2 Å². The van der Waals surface area contributed by atoms with Gasteiger partial charge in [0, 0.05) is 5.88 Å². The molecule has 0 N–H and O–H groups in total. The van der Waals surface area contributed by atoms with Crippen LogP contribution in [0.1, 0.15) is 28.2 Å². The number of hydrogen-bond donors (Lipinski definition) is 0. The maximum absolute atomic E-state index is 12.6. The largest absolute Gasteiger partial charge is 0.464 e. The summed E-state index contributed by atoms with van der Waals surface area (Å²) >= 11 is 11.2. The summed E-state index contributed by atoms with van der Waals surface area (Å²) in [5, 5.41) is -0.0631. The Kier molecular flexibility index (Phi) is 4.44. The zero-order valence-corrected chi connectivity index (χ0v) is 9.65. The maximum Gasteiger partial charge on any atom is 0.358 e.